The van der Waals surface area contributed by atoms with Crippen molar-refractivity contribution < 1.29 is 0 Å². The Balaban J connectivity index is 1.69. The Morgan fingerprint density at radius 1 is 1.00 bits per heavy atom. The Bertz CT molecular complexity index is 730. The number of benzene rings is 1. The summed E-state index contributed by atoms with van der Waals surface area (Å²) >= 11 is 0. The molecule has 0 amide bonds. The highest BCUT2D eigenvalue weighted by molar-refractivity contribution is 5.61. The number of aromatic nitrogens is 3. The van der Waals surface area contributed by atoms with Crippen molar-refractivity contribution in [1.29, 1.82) is 0 Å². The second-order valence-electron chi connectivity index (χ2n) is 5.50. The van der Waals surface area contributed by atoms with Gasteiger partial charge in [-0.15, -0.1) is 0 Å². The normalized spacial score (nSPS) is 10.8. The first kappa shape index (κ1) is 14.5. The summed E-state index contributed by atoms with van der Waals surface area (Å²) in [6, 6.07) is 12.6. The van der Waals surface area contributed by atoms with Crippen LogP contribution >= 0.6 is 0 Å². The zero-order valence-electron chi connectivity index (χ0n) is 13.0. The first-order chi connectivity index (χ1) is 10.7. The maximum atomic E-state index is 4.57. The number of rotatable bonds is 5. The Hall–Kier alpha value is -2.46. The van der Waals surface area contributed by atoms with E-state index < -0.39 is 0 Å². The molecule has 0 atom stereocenters. The molecule has 1 N–H and O–H groups in total. The first-order valence-corrected chi connectivity index (χ1v) is 7.41. The number of hydrogen-bond donors (Lipinski definition) is 1. The molecule has 0 radical (unpaired) electrons. The third-order valence-corrected chi connectivity index (χ3v) is 3.62. The molecule has 0 saturated carbocycles. The molecule has 22 heavy (non-hydrogen) atoms. The molecule has 4 nitrogen and oxygen atoms in total. The minimum atomic E-state index is 0.791. The van der Waals surface area contributed by atoms with Crippen molar-refractivity contribution in [3.63, 3.8) is 0 Å². The molecule has 0 saturated heterocycles. The molecule has 2 heterocycles. The van der Waals surface area contributed by atoms with Crippen LogP contribution in [0.1, 0.15) is 16.7 Å². The summed E-state index contributed by atoms with van der Waals surface area (Å²) in [5.41, 5.74) is 5.89. The SMILES string of the molecule is Cc1ccc(CNCc2cn(C)nc2-c2ccncc2)cc1. The van der Waals surface area contributed by atoms with Crippen molar-refractivity contribution in [3.05, 3.63) is 71.7 Å². The van der Waals surface area contributed by atoms with Gasteiger partial charge in [0.1, 0.15) is 0 Å². The molecule has 0 aliphatic heterocycles. The average molecular weight is 292 g/mol. The average Bonchev–Trinajstić information content (AvgIpc) is 2.91. The predicted octanol–water partition coefficient (Wildman–Crippen LogP) is 3.08. The number of nitrogens with zero attached hydrogens (tertiary/aromatic N) is 3. The van der Waals surface area contributed by atoms with Crippen molar-refractivity contribution >= 4 is 0 Å². The van der Waals surface area contributed by atoms with Gasteiger partial charge in [0.05, 0.1) is 5.69 Å². The van der Waals surface area contributed by atoms with Crippen molar-refractivity contribution in [2.75, 3.05) is 0 Å². The highest BCUT2D eigenvalue weighted by atomic mass is 15.3. The molecule has 2 aromatic heterocycles. The minimum absolute atomic E-state index is 0.791. The van der Waals surface area contributed by atoms with Crippen molar-refractivity contribution in [2.45, 2.75) is 20.0 Å². The van der Waals surface area contributed by atoms with Gasteiger partial charge in [-0.25, -0.2) is 0 Å². The highest BCUT2D eigenvalue weighted by Gasteiger charge is 2.09. The first-order valence-electron chi connectivity index (χ1n) is 7.41. The van der Waals surface area contributed by atoms with Crippen molar-refractivity contribution in [1.82, 2.24) is 20.1 Å². The monoisotopic (exact) mass is 292 g/mol. The van der Waals surface area contributed by atoms with Gasteiger partial charge in [-0.2, -0.15) is 5.10 Å². The van der Waals surface area contributed by atoms with Crippen LogP contribution in [0.4, 0.5) is 0 Å². The zero-order valence-corrected chi connectivity index (χ0v) is 13.0. The third-order valence-electron chi connectivity index (χ3n) is 3.62. The third kappa shape index (κ3) is 3.40. The molecule has 1 aromatic carbocycles. The highest BCUT2D eigenvalue weighted by Crippen LogP contribution is 2.20. The van der Waals surface area contributed by atoms with Crippen LogP contribution in [0.25, 0.3) is 11.3 Å². The van der Waals surface area contributed by atoms with Gasteiger partial charge in [-0.05, 0) is 24.6 Å². The Morgan fingerprint density at radius 3 is 2.45 bits per heavy atom. The predicted molar refractivity (Wildman–Crippen MR) is 88.2 cm³/mol. The lowest BCUT2D eigenvalue weighted by Crippen LogP contribution is -2.12. The van der Waals surface area contributed by atoms with Crippen molar-refractivity contribution in [2.24, 2.45) is 7.05 Å². The quantitative estimate of drug-likeness (QED) is 0.786. The van der Waals surface area contributed by atoms with Crippen LogP contribution in [0.3, 0.4) is 0 Å². The van der Waals surface area contributed by atoms with Gasteiger partial charge >= 0.3 is 0 Å². The molecule has 0 aliphatic carbocycles. The maximum Gasteiger partial charge on any atom is 0.0969 e. The summed E-state index contributed by atoms with van der Waals surface area (Å²) in [7, 11) is 1.95. The van der Waals surface area contributed by atoms with E-state index in [1.807, 2.05) is 23.9 Å². The van der Waals surface area contributed by atoms with Crippen LogP contribution in [-0.4, -0.2) is 14.8 Å². The molecule has 0 bridgehead atoms. The van der Waals surface area contributed by atoms with Crippen LogP contribution in [0.2, 0.25) is 0 Å². The van der Waals surface area contributed by atoms with Gasteiger partial charge in [-0.3, -0.25) is 9.67 Å². The van der Waals surface area contributed by atoms with E-state index in [-0.39, 0.29) is 0 Å². The lowest BCUT2D eigenvalue weighted by Gasteiger charge is -2.06. The fraction of sp³-hybridized carbons (Fsp3) is 0.222. The number of hydrogen-bond acceptors (Lipinski definition) is 3. The summed E-state index contributed by atoms with van der Waals surface area (Å²) in [5, 5.41) is 8.06. The van der Waals surface area contributed by atoms with E-state index in [4.69, 9.17) is 0 Å². The van der Waals surface area contributed by atoms with Gasteiger partial charge in [0.15, 0.2) is 0 Å². The molecule has 0 aliphatic rings. The molecule has 0 unspecified atom stereocenters. The standard InChI is InChI=1S/C18H20N4/c1-14-3-5-15(6-4-14)11-20-12-17-13-22(2)21-18(17)16-7-9-19-10-8-16/h3-10,13,20H,11-12H2,1-2H3. The lowest BCUT2D eigenvalue weighted by atomic mass is 10.1. The van der Waals surface area contributed by atoms with E-state index in [2.05, 4.69) is 52.8 Å². The van der Waals surface area contributed by atoms with Gasteiger partial charge < -0.3 is 5.32 Å². The second-order valence-corrected chi connectivity index (χ2v) is 5.50. The Labute approximate surface area is 130 Å². The van der Waals surface area contributed by atoms with E-state index in [1.54, 1.807) is 12.4 Å². The topological polar surface area (TPSA) is 42.7 Å². The van der Waals surface area contributed by atoms with Gasteiger partial charge in [-0.1, -0.05) is 29.8 Å². The molecule has 3 rings (SSSR count). The number of pyridine rings is 1. The summed E-state index contributed by atoms with van der Waals surface area (Å²) in [6.45, 7) is 3.75. The van der Waals surface area contributed by atoms with Crippen LogP contribution in [0.15, 0.2) is 55.0 Å². The molecular formula is C18H20N4. The number of aryl methyl sites for hydroxylation is 2. The number of nitrogens with one attached hydrogen (secondary N) is 1. The van der Waals surface area contributed by atoms with Crippen LogP contribution in [0.5, 0.6) is 0 Å². The lowest BCUT2D eigenvalue weighted by molar-refractivity contribution is 0.692. The summed E-state index contributed by atoms with van der Waals surface area (Å²) < 4.78 is 1.86. The van der Waals surface area contributed by atoms with Gasteiger partial charge in [0.25, 0.3) is 0 Å². The van der Waals surface area contributed by atoms with Gasteiger partial charge in [0.2, 0.25) is 0 Å². The van der Waals surface area contributed by atoms with E-state index in [9.17, 15) is 0 Å². The molecule has 4 heteroatoms. The molecule has 112 valence electrons. The zero-order chi connectivity index (χ0) is 15.4. The largest absolute Gasteiger partial charge is 0.308 e. The van der Waals surface area contributed by atoms with Crippen LogP contribution in [0, 0.1) is 6.92 Å². The van der Waals surface area contributed by atoms with Gasteiger partial charge in [0, 0.05) is 49.9 Å². The van der Waals surface area contributed by atoms with E-state index in [1.165, 1.54) is 16.7 Å². The Kier molecular flexibility index (Phi) is 4.30. The molecule has 3 aromatic rings. The molecule has 0 fully saturated rings. The summed E-state index contributed by atoms with van der Waals surface area (Å²) in [5.74, 6) is 0. The fourth-order valence-corrected chi connectivity index (χ4v) is 2.47. The molecule has 0 spiro atoms. The smallest absolute Gasteiger partial charge is 0.0969 e. The molecular weight excluding hydrogens is 272 g/mol. The van der Waals surface area contributed by atoms with Crippen LogP contribution in [-0.2, 0) is 20.1 Å². The summed E-state index contributed by atoms with van der Waals surface area (Å²) in [4.78, 5) is 4.07. The Morgan fingerprint density at radius 2 is 1.73 bits per heavy atom. The summed E-state index contributed by atoms with van der Waals surface area (Å²) in [6.07, 6.45) is 5.67. The van der Waals surface area contributed by atoms with E-state index >= 15 is 0 Å². The fourth-order valence-electron chi connectivity index (χ4n) is 2.47. The maximum absolute atomic E-state index is 4.57. The minimum Gasteiger partial charge on any atom is -0.308 e. The van der Waals surface area contributed by atoms with Crippen LogP contribution < -0.4 is 5.32 Å². The second kappa shape index (κ2) is 6.54. The van der Waals surface area contributed by atoms with E-state index in [0.717, 1.165) is 24.3 Å². The van der Waals surface area contributed by atoms with Crippen molar-refractivity contribution in [3.8, 4) is 11.3 Å². The van der Waals surface area contributed by atoms with E-state index in [0.29, 0.717) is 0 Å².